The van der Waals surface area contributed by atoms with Gasteiger partial charge in [-0.1, -0.05) is 17.7 Å². The highest BCUT2D eigenvalue weighted by Gasteiger charge is 2.35. The summed E-state index contributed by atoms with van der Waals surface area (Å²) in [6, 6.07) is 11.5. The van der Waals surface area contributed by atoms with Gasteiger partial charge in [0.25, 0.3) is 0 Å². The maximum Gasteiger partial charge on any atom is 0.230 e. The number of benzene rings is 1. The van der Waals surface area contributed by atoms with Gasteiger partial charge < -0.3 is 19.9 Å². The van der Waals surface area contributed by atoms with Crippen LogP contribution in [0.4, 0.5) is 17.2 Å². The number of aromatic nitrogens is 1. The van der Waals surface area contributed by atoms with Gasteiger partial charge in [-0.2, -0.15) is 0 Å². The molecule has 1 unspecified atom stereocenters. The Hall–Kier alpha value is -2.93. The molecule has 0 aliphatic carbocycles. The number of anilines is 3. The van der Waals surface area contributed by atoms with Crippen molar-refractivity contribution in [2.24, 2.45) is 5.92 Å². The van der Waals surface area contributed by atoms with Crippen molar-refractivity contribution >= 4 is 29.0 Å². The molecule has 4 rings (SSSR count). The van der Waals surface area contributed by atoms with E-state index in [0.29, 0.717) is 25.6 Å². The molecule has 0 bridgehead atoms. The Morgan fingerprint density at radius 3 is 2.50 bits per heavy atom. The lowest BCUT2D eigenvalue weighted by molar-refractivity contribution is -0.122. The Labute approximate surface area is 164 Å². The van der Waals surface area contributed by atoms with Crippen LogP contribution in [0.3, 0.4) is 0 Å². The SMILES string of the molecule is Cc1ccc(N2CC(C(=O)Nc3ccc(N4CCOCC4)cn3)CC2=O)cc1. The fraction of sp³-hybridized carbons (Fsp3) is 0.381. The first-order valence-corrected chi connectivity index (χ1v) is 9.57. The highest BCUT2D eigenvalue weighted by Crippen LogP contribution is 2.26. The number of ether oxygens (including phenoxy) is 1. The zero-order valence-corrected chi connectivity index (χ0v) is 15.9. The number of carbonyl (C=O) groups is 2. The molecule has 3 heterocycles. The molecule has 2 amide bonds. The largest absolute Gasteiger partial charge is 0.378 e. The average Bonchev–Trinajstić information content (AvgIpc) is 3.12. The number of carbonyl (C=O) groups excluding carboxylic acids is 2. The molecule has 0 spiro atoms. The number of hydrogen-bond donors (Lipinski definition) is 1. The van der Waals surface area contributed by atoms with E-state index in [2.05, 4.69) is 15.2 Å². The van der Waals surface area contributed by atoms with E-state index < -0.39 is 0 Å². The van der Waals surface area contributed by atoms with E-state index in [1.807, 2.05) is 37.3 Å². The topological polar surface area (TPSA) is 74.8 Å². The molecule has 1 aromatic carbocycles. The Morgan fingerprint density at radius 1 is 1.11 bits per heavy atom. The van der Waals surface area contributed by atoms with E-state index in [9.17, 15) is 9.59 Å². The van der Waals surface area contributed by atoms with Crippen molar-refractivity contribution in [1.82, 2.24) is 4.98 Å². The van der Waals surface area contributed by atoms with E-state index in [4.69, 9.17) is 4.74 Å². The van der Waals surface area contributed by atoms with Crippen LogP contribution in [0.5, 0.6) is 0 Å². The van der Waals surface area contributed by atoms with Crippen molar-refractivity contribution < 1.29 is 14.3 Å². The second kappa shape index (κ2) is 7.98. The molecule has 0 radical (unpaired) electrons. The Balaban J connectivity index is 1.37. The predicted octanol–water partition coefficient (Wildman–Crippen LogP) is 2.22. The fourth-order valence-electron chi connectivity index (χ4n) is 3.55. The molecule has 1 aromatic heterocycles. The predicted molar refractivity (Wildman–Crippen MR) is 108 cm³/mol. The molecule has 146 valence electrons. The second-order valence-corrected chi connectivity index (χ2v) is 7.23. The lowest BCUT2D eigenvalue weighted by atomic mass is 10.1. The van der Waals surface area contributed by atoms with Crippen molar-refractivity contribution in [3.63, 3.8) is 0 Å². The highest BCUT2D eigenvalue weighted by molar-refractivity contribution is 6.03. The second-order valence-electron chi connectivity index (χ2n) is 7.23. The Bertz CT molecular complexity index is 845. The Morgan fingerprint density at radius 2 is 1.82 bits per heavy atom. The van der Waals surface area contributed by atoms with Crippen molar-refractivity contribution in [3.05, 3.63) is 48.2 Å². The first-order valence-electron chi connectivity index (χ1n) is 9.57. The van der Waals surface area contributed by atoms with Crippen molar-refractivity contribution in [2.75, 3.05) is 48.0 Å². The minimum atomic E-state index is -0.380. The highest BCUT2D eigenvalue weighted by atomic mass is 16.5. The van der Waals surface area contributed by atoms with Gasteiger partial charge in [-0.15, -0.1) is 0 Å². The number of morpholine rings is 1. The minimum absolute atomic E-state index is 0.0281. The molecule has 7 heteroatoms. The van der Waals surface area contributed by atoms with Gasteiger partial charge in [0.15, 0.2) is 0 Å². The molecule has 0 saturated carbocycles. The van der Waals surface area contributed by atoms with E-state index in [0.717, 1.165) is 30.0 Å². The third-order valence-corrected chi connectivity index (χ3v) is 5.22. The molecule has 2 aliphatic rings. The van der Waals surface area contributed by atoms with Gasteiger partial charge in [0, 0.05) is 31.7 Å². The van der Waals surface area contributed by atoms with Gasteiger partial charge in [-0.05, 0) is 31.2 Å². The number of aryl methyl sites for hydroxylation is 1. The van der Waals surface area contributed by atoms with Gasteiger partial charge in [0.2, 0.25) is 11.8 Å². The normalized spacial score (nSPS) is 19.8. The van der Waals surface area contributed by atoms with E-state index in [1.165, 1.54) is 0 Å². The van der Waals surface area contributed by atoms with Crippen LogP contribution in [0.25, 0.3) is 0 Å². The number of nitrogens with zero attached hydrogens (tertiary/aromatic N) is 3. The Kier molecular flexibility index (Phi) is 5.25. The molecular formula is C21H24N4O3. The zero-order chi connectivity index (χ0) is 19.5. The summed E-state index contributed by atoms with van der Waals surface area (Å²) in [6.07, 6.45) is 1.98. The zero-order valence-electron chi connectivity index (χ0n) is 15.9. The fourth-order valence-corrected chi connectivity index (χ4v) is 3.55. The summed E-state index contributed by atoms with van der Waals surface area (Å²) >= 11 is 0. The first-order chi connectivity index (χ1) is 13.6. The summed E-state index contributed by atoms with van der Waals surface area (Å²) in [7, 11) is 0. The number of amides is 2. The molecular weight excluding hydrogens is 356 g/mol. The molecule has 2 fully saturated rings. The van der Waals surface area contributed by atoms with E-state index in [-0.39, 0.29) is 24.2 Å². The van der Waals surface area contributed by atoms with E-state index in [1.54, 1.807) is 17.2 Å². The summed E-state index contributed by atoms with van der Waals surface area (Å²) in [6.45, 7) is 5.50. The van der Waals surface area contributed by atoms with Crippen LogP contribution in [0, 0.1) is 12.8 Å². The van der Waals surface area contributed by atoms with Crippen LogP contribution in [0.2, 0.25) is 0 Å². The summed E-state index contributed by atoms with van der Waals surface area (Å²) in [5, 5.41) is 2.84. The van der Waals surface area contributed by atoms with Crippen LogP contribution in [0.15, 0.2) is 42.6 Å². The molecule has 2 aromatic rings. The molecule has 1 N–H and O–H groups in total. The standard InChI is InChI=1S/C21H24N4O3/c1-15-2-4-17(5-3-15)25-14-16(12-20(25)26)21(27)23-19-7-6-18(13-22-19)24-8-10-28-11-9-24/h2-7,13,16H,8-12,14H2,1H3,(H,22,23,27). The van der Waals surface area contributed by atoms with Gasteiger partial charge in [0.1, 0.15) is 5.82 Å². The third kappa shape index (κ3) is 3.99. The van der Waals surface area contributed by atoms with Crippen molar-refractivity contribution in [2.45, 2.75) is 13.3 Å². The lowest BCUT2D eigenvalue weighted by Crippen LogP contribution is -2.36. The first kappa shape index (κ1) is 18.4. The van der Waals surface area contributed by atoms with Crippen LogP contribution in [0.1, 0.15) is 12.0 Å². The summed E-state index contributed by atoms with van der Waals surface area (Å²) in [4.78, 5) is 33.2. The van der Waals surface area contributed by atoms with Crippen LogP contribution < -0.4 is 15.1 Å². The van der Waals surface area contributed by atoms with Gasteiger partial charge in [-0.3, -0.25) is 9.59 Å². The van der Waals surface area contributed by atoms with Crippen molar-refractivity contribution in [1.29, 1.82) is 0 Å². The van der Waals surface area contributed by atoms with E-state index >= 15 is 0 Å². The van der Waals surface area contributed by atoms with Gasteiger partial charge in [0.05, 0.1) is 31.0 Å². The smallest absolute Gasteiger partial charge is 0.230 e. The lowest BCUT2D eigenvalue weighted by Gasteiger charge is -2.28. The summed E-state index contributed by atoms with van der Waals surface area (Å²) in [5.41, 5.74) is 2.98. The summed E-state index contributed by atoms with van der Waals surface area (Å²) in [5.74, 6) is -0.0769. The van der Waals surface area contributed by atoms with Crippen LogP contribution in [-0.4, -0.2) is 49.6 Å². The van der Waals surface area contributed by atoms with Crippen molar-refractivity contribution in [3.8, 4) is 0 Å². The third-order valence-electron chi connectivity index (χ3n) is 5.22. The molecule has 28 heavy (non-hydrogen) atoms. The van der Waals surface area contributed by atoms with Gasteiger partial charge in [-0.25, -0.2) is 4.98 Å². The maximum absolute atomic E-state index is 12.6. The van der Waals surface area contributed by atoms with Crippen LogP contribution in [-0.2, 0) is 14.3 Å². The average molecular weight is 380 g/mol. The number of rotatable bonds is 4. The van der Waals surface area contributed by atoms with Gasteiger partial charge >= 0.3 is 0 Å². The molecule has 7 nitrogen and oxygen atoms in total. The number of pyridine rings is 1. The molecule has 2 saturated heterocycles. The number of hydrogen-bond acceptors (Lipinski definition) is 5. The quantitative estimate of drug-likeness (QED) is 0.880. The number of nitrogens with one attached hydrogen (secondary N) is 1. The molecule has 2 aliphatic heterocycles. The minimum Gasteiger partial charge on any atom is -0.378 e. The van der Waals surface area contributed by atoms with Crippen LogP contribution >= 0.6 is 0 Å². The maximum atomic E-state index is 12.6. The molecule has 1 atom stereocenters. The monoisotopic (exact) mass is 380 g/mol. The summed E-state index contributed by atoms with van der Waals surface area (Å²) < 4.78 is 5.36.